The molecule has 0 fully saturated rings. The molecule has 0 aromatic carbocycles. The highest BCUT2D eigenvalue weighted by molar-refractivity contribution is 5.82. The number of hydrogen-bond donors (Lipinski definition) is 0. The van der Waals surface area contributed by atoms with E-state index in [1.165, 1.54) is 6.33 Å². The Morgan fingerprint density at radius 1 is 1.44 bits per heavy atom. The Bertz CT molecular complexity index is 554. The normalized spacial score (nSPS) is 11.6. The van der Waals surface area contributed by atoms with Gasteiger partial charge in [0, 0.05) is 18.9 Å². The SMILES string of the molecule is CC(C)(C)Cn1cc(C#N)c2cncnc21. The summed E-state index contributed by atoms with van der Waals surface area (Å²) in [6.07, 6.45) is 5.06. The fourth-order valence-electron chi connectivity index (χ4n) is 1.75. The van der Waals surface area contributed by atoms with Crippen LogP contribution in [0.4, 0.5) is 0 Å². The second-order valence-corrected chi connectivity index (χ2v) is 5.10. The van der Waals surface area contributed by atoms with Crippen molar-refractivity contribution in [1.82, 2.24) is 14.5 Å². The van der Waals surface area contributed by atoms with Gasteiger partial charge in [-0.25, -0.2) is 9.97 Å². The average Bonchev–Trinajstić information content (AvgIpc) is 2.55. The van der Waals surface area contributed by atoms with Crippen LogP contribution < -0.4 is 0 Å². The third-order valence-corrected chi connectivity index (χ3v) is 2.30. The number of nitrogens with zero attached hydrogens (tertiary/aromatic N) is 4. The molecule has 0 N–H and O–H groups in total. The van der Waals surface area contributed by atoms with Gasteiger partial charge in [0.1, 0.15) is 18.0 Å². The van der Waals surface area contributed by atoms with Crippen molar-refractivity contribution in [3.63, 3.8) is 0 Å². The zero-order valence-corrected chi connectivity index (χ0v) is 9.73. The van der Waals surface area contributed by atoms with E-state index in [4.69, 9.17) is 5.26 Å². The summed E-state index contributed by atoms with van der Waals surface area (Å²) in [6, 6.07) is 2.18. The van der Waals surface area contributed by atoms with Crippen molar-refractivity contribution in [2.45, 2.75) is 27.3 Å². The van der Waals surface area contributed by atoms with Crippen LogP contribution in [0.5, 0.6) is 0 Å². The molecule has 0 atom stereocenters. The van der Waals surface area contributed by atoms with E-state index in [2.05, 4.69) is 36.8 Å². The number of hydrogen-bond acceptors (Lipinski definition) is 3. The van der Waals surface area contributed by atoms with E-state index in [9.17, 15) is 0 Å². The van der Waals surface area contributed by atoms with Gasteiger partial charge in [-0.2, -0.15) is 5.26 Å². The summed E-state index contributed by atoms with van der Waals surface area (Å²) in [7, 11) is 0. The Morgan fingerprint density at radius 2 is 2.19 bits per heavy atom. The minimum atomic E-state index is 0.156. The molecule has 0 unspecified atom stereocenters. The van der Waals surface area contributed by atoms with Crippen molar-refractivity contribution < 1.29 is 0 Å². The highest BCUT2D eigenvalue weighted by atomic mass is 15.0. The molecule has 0 saturated heterocycles. The molecular weight excluding hydrogens is 200 g/mol. The lowest BCUT2D eigenvalue weighted by Crippen LogP contribution is -2.14. The van der Waals surface area contributed by atoms with Crippen LogP contribution in [-0.2, 0) is 6.54 Å². The van der Waals surface area contributed by atoms with Crippen LogP contribution >= 0.6 is 0 Å². The van der Waals surface area contributed by atoms with Crippen molar-refractivity contribution in [2.75, 3.05) is 0 Å². The predicted octanol–water partition coefficient (Wildman–Crippen LogP) is 2.35. The Balaban J connectivity index is 2.59. The van der Waals surface area contributed by atoms with Gasteiger partial charge >= 0.3 is 0 Å². The first-order valence-corrected chi connectivity index (χ1v) is 5.20. The zero-order chi connectivity index (χ0) is 11.8. The maximum atomic E-state index is 9.03. The van der Waals surface area contributed by atoms with Crippen LogP contribution in [0.25, 0.3) is 11.0 Å². The highest BCUT2D eigenvalue weighted by Gasteiger charge is 2.15. The standard InChI is InChI=1S/C12H14N4/c1-12(2,3)7-16-6-9(4-13)10-5-14-8-15-11(10)16/h5-6,8H,7H2,1-3H3. The summed E-state index contributed by atoms with van der Waals surface area (Å²) in [6.45, 7) is 7.31. The number of nitriles is 1. The average molecular weight is 214 g/mol. The molecule has 0 aliphatic carbocycles. The molecule has 16 heavy (non-hydrogen) atoms. The fourth-order valence-corrected chi connectivity index (χ4v) is 1.75. The molecule has 0 aliphatic heterocycles. The molecule has 0 spiro atoms. The summed E-state index contributed by atoms with van der Waals surface area (Å²) in [4.78, 5) is 8.19. The van der Waals surface area contributed by atoms with Crippen LogP contribution in [0.15, 0.2) is 18.7 Å². The van der Waals surface area contributed by atoms with Crippen molar-refractivity contribution >= 4 is 11.0 Å². The molecule has 82 valence electrons. The minimum Gasteiger partial charge on any atom is -0.331 e. The highest BCUT2D eigenvalue weighted by Crippen LogP contribution is 2.23. The van der Waals surface area contributed by atoms with E-state index in [1.807, 2.05) is 10.8 Å². The molecule has 0 aliphatic rings. The van der Waals surface area contributed by atoms with Gasteiger partial charge in [-0.3, -0.25) is 0 Å². The van der Waals surface area contributed by atoms with Crippen molar-refractivity contribution in [1.29, 1.82) is 5.26 Å². The van der Waals surface area contributed by atoms with Gasteiger partial charge in [0.05, 0.1) is 10.9 Å². The van der Waals surface area contributed by atoms with E-state index < -0.39 is 0 Å². The van der Waals surface area contributed by atoms with Gasteiger partial charge in [-0.15, -0.1) is 0 Å². The van der Waals surface area contributed by atoms with Gasteiger partial charge in [0.15, 0.2) is 0 Å². The van der Waals surface area contributed by atoms with Gasteiger partial charge < -0.3 is 4.57 Å². The Kier molecular flexibility index (Phi) is 2.39. The van der Waals surface area contributed by atoms with E-state index >= 15 is 0 Å². The molecule has 0 bridgehead atoms. The molecule has 2 aromatic rings. The third kappa shape index (κ3) is 1.89. The largest absolute Gasteiger partial charge is 0.331 e. The minimum absolute atomic E-state index is 0.156. The summed E-state index contributed by atoms with van der Waals surface area (Å²) >= 11 is 0. The first-order chi connectivity index (χ1) is 7.51. The Hall–Kier alpha value is -1.89. The Morgan fingerprint density at radius 3 is 2.81 bits per heavy atom. The maximum absolute atomic E-state index is 9.03. The topological polar surface area (TPSA) is 54.5 Å². The molecule has 0 radical (unpaired) electrons. The van der Waals surface area contributed by atoms with Crippen LogP contribution in [0.2, 0.25) is 0 Å². The van der Waals surface area contributed by atoms with Crippen molar-refractivity contribution in [3.8, 4) is 6.07 Å². The van der Waals surface area contributed by atoms with Gasteiger partial charge in [0.2, 0.25) is 0 Å². The predicted molar refractivity (Wildman–Crippen MR) is 61.7 cm³/mol. The Labute approximate surface area is 94.6 Å². The lowest BCUT2D eigenvalue weighted by atomic mass is 9.97. The molecule has 2 aromatic heterocycles. The lowest BCUT2D eigenvalue weighted by Gasteiger charge is -2.19. The van der Waals surface area contributed by atoms with E-state index in [0.29, 0.717) is 5.56 Å². The molecule has 2 rings (SSSR count). The molecule has 0 amide bonds. The molecule has 4 heteroatoms. The summed E-state index contributed by atoms with van der Waals surface area (Å²) in [5.74, 6) is 0. The molecule has 0 saturated carbocycles. The quantitative estimate of drug-likeness (QED) is 0.732. The molecule has 2 heterocycles. The second kappa shape index (κ2) is 3.60. The van der Waals surface area contributed by atoms with Crippen LogP contribution in [-0.4, -0.2) is 14.5 Å². The molecule has 4 nitrogen and oxygen atoms in total. The van der Waals surface area contributed by atoms with Crippen LogP contribution in [0.3, 0.4) is 0 Å². The van der Waals surface area contributed by atoms with Crippen LogP contribution in [0.1, 0.15) is 26.3 Å². The summed E-state index contributed by atoms with van der Waals surface area (Å²) in [5.41, 5.74) is 1.63. The van der Waals surface area contributed by atoms with Gasteiger partial charge in [0.25, 0.3) is 0 Å². The smallest absolute Gasteiger partial charge is 0.144 e. The monoisotopic (exact) mass is 214 g/mol. The summed E-state index contributed by atoms with van der Waals surface area (Å²) in [5, 5.41) is 9.86. The second-order valence-electron chi connectivity index (χ2n) is 5.10. The maximum Gasteiger partial charge on any atom is 0.144 e. The van der Waals surface area contributed by atoms with Crippen molar-refractivity contribution in [3.05, 3.63) is 24.3 Å². The number of fused-ring (bicyclic) bond motifs is 1. The molecular formula is C12H14N4. The zero-order valence-electron chi connectivity index (χ0n) is 9.73. The summed E-state index contributed by atoms with van der Waals surface area (Å²) < 4.78 is 2.02. The van der Waals surface area contributed by atoms with Gasteiger partial charge in [-0.05, 0) is 5.41 Å². The fraction of sp³-hybridized carbons (Fsp3) is 0.417. The first-order valence-electron chi connectivity index (χ1n) is 5.20. The number of rotatable bonds is 1. The van der Waals surface area contributed by atoms with Gasteiger partial charge in [-0.1, -0.05) is 20.8 Å². The van der Waals surface area contributed by atoms with Crippen molar-refractivity contribution in [2.24, 2.45) is 5.41 Å². The third-order valence-electron chi connectivity index (χ3n) is 2.30. The van der Waals surface area contributed by atoms with Crippen LogP contribution in [0, 0.1) is 16.7 Å². The number of aromatic nitrogens is 3. The lowest BCUT2D eigenvalue weighted by molar-refractivity contribution is 0.348. The van der Waals surface area contributed by atoms with E-state index in [1.54, 1.807) is 6.20 Å². The van der Waals surface area contributed by atoms with E-state index in [-0.39, 0.29) is 5.41 Å². The van der Waals surface area contributed by atoms with E-state index in [0.717, 1.165) is 17.6 Å². The first kappa shape index (κ1) is 10.6.